The van der Waals surface area contributed by atoms with Crippen LogP contribution in [0.3, 0.4) is 0 Å². The van der Waals surface area contributed by atoms with Crippen LogP contribution in [-0.2, 0) is 0 Å². The third kappa shape index (κ3) is 2.95. The van der Waals surface area contributed by atoms with Crippen molar-refractivity contribution in [3.63, 3.8) is 0 Å². The lowest BCUT2D eigenvalue weighted by molar-refractivity contribution is 0.102. The van der Waals surface area contributed by atoms with E-state index in [0.29, 0.717) is 11.4 Å². The number of nitrogens with two attached hydrogens (primary N) is 1. The highest BCUT2D eigenvalue weighted by Gasteiger charge is 2.10. The van der Waals surface area contributed by atoms with Gasteiger partial charge in [0.1, 0.15) is 5.82 Å². The molecule has 2 rings (SSSR count). The topological polar surface area (TPSA) is 80.0 Å². The van der Waals surface area contributed by atoms with Crippen LogP contribution < -0.4 is 16.6 Å². The summed E-state index contributed by atoms with van der Waals surface area (Å²) in [5, 5.41) is 2.93. The fraction of sp³-hybridized carbons (Fsp3) is 0.200. The molecule has 0 aliphatic heterocycles. The lowest BCUT2D eigenvalue weighted by Gasteiger charge is -2.13. The Morgan fingerprint density at radius 3 is 2.30 bits per heavy atom. The van der Waals surface area contributed by atoms with E-state index in [1.54, 1.807) is 12.1 Å². The maximum absolute atomic E-state index is 12.2. The lowest BCUT2D eigenvalue weighted by Crippen LogP contribution is -2.15. The van der Waals surface area contributed by atoms with Crippen LogP contribution in [0.2, 0.25) is 0 Å². The number of anilines is 2. The van der Waals surface area contributed by atoms with Gasteiger partial charge >= 0.3 is 0 Å². The summed E-state index contributed by atoms with van der Waals surface area (Å²) in [6.45, 7) is 6.00. The number of hydrazine groups is 1. The van der Waals surface area contributed by atoms with E-state index in [2.05, 4.69) is 15.7 Å². The van der Waals surface area contributed by atoms with Crippen molar-refractivity contribution in [3.8, 4) is 0 Å². The molecule has 0 fully saturated rings. The Balaban J connectivity index is 2.23. The van der Waals surface area contributed by atoms with Crippen molar-refractivity contribution in [1.29, 1.82) is 0 Å². The van der Waals surface area contributed by atoms with Crippen molar-refractivity contribution in [2.75, 3.05) is 10.7 Å². The monoisotopic (exact) mass is 270 g/mol. The van der Waals surface area contributed by atoms with Gasteiger partial charge in [0, 0.05) is 11.9 Å². The Labute approximate surface area is 118 Å². The fourth-order valence-corrected chi connectivity index (χ4v) is 2.18. The third-order valence-corrected chi connectivity index (χ3v) is 3.09. The molecule has 0 aliphatic carbocycles. The molecule has 0 saturated heterocycles. The summed E-state index contributed by atoms with van der Waals surface area (Å²) in [6, 6.07) is 7.42. The Morgan fingerprint density at radius 1 is 1.15 bits per heavy atom. The fourth-order valence-electron chi connectivity index (χ4n) is 2.18. The zero-order valence-corrected chi connectivity index (χ0v) is 11.8. The molecule has 0 atom stereocenters. The highest BCUT2D eigenvalue weighted by Crippen LogP contribution is 2.22. The lowest BCUT2D eigenvalue weighted by atomic mass is 10.0. The van der Waals surface area contributed by atoms with Crippen LogP contribution in [0.5, 0.6) is 0 Å². The molecule has 0 bridgehead atoms. The Bertz CT molecular complexity index is 612. The number of carbonyl (C=O) groups excluding carboxylic acids is 1. The summed E-state index contributed by atoms with van der Waals surface area (Å²) < 4.78 is 0. The second kappa shape index (κ2) is 5.71. The summed E-state index contributed by atoms with van der Waals surface area (Å²) >= 11 is 0. The van der Waals surface area contributed by atoms with E-state index in [0.717, 1.165) is 16.8 Å². The number of rotatable bonds is 3. The Kier molecular flexibility index (Phi) is 4.00. The minimum atomic E-state index is -0.184. The molecule has 5 heteroatoms. The van der Waals surface area contributed by atoms with Crippen LogP contribution in [0.4, 0.5) is 11.5 Å². The molecule has 1 heterocycles. The van der Waals surface area contributed by atoms with Crippen LogP contribution in [0, 0.1) is 20.8 Å². The van der Waals surface area contributed by atoms with Crippen LogP contribution in [0.1, 0.15) is 27.0 Å². The molecule has 4 N–H and O–H groups in total. The van der Waals surface area contributed by atoms with Crippen molar-refractivity contribution >= 4 is 17.4 Å². The van der Waals surface area contributed by atoms with E-state index in [1.165, 1.54) is 11.8 Å². The highest BCUT2D eigenvalue weighted by atomic mass is 16.1. The van der Waals surface area contributed by atoms with Gasteiger partial charge in [0.05, 0.1) is 5.56 Å². The number of pyridine rings is 1. The second-order valence-corrected chi connectivity index (χ2v) is 4.80. The summed E-state index contributed by atoms with van der Waals surface area (Å²) in [5.41, 5.74) is 7.03. The quantitative estimate of drug-likeness (QED) is 0.591. The van der Waals surface area contributed by atoms with Gasteiger partial charge in [-0.3, -0.25) is 4.79 Å². The number of nitrogens with one attached hydrogen (secondary N) is 2. The number of nitrogens with zero attached hydrogens (tertiary/aromatic N) is 1. The minimum Gasteiger partial charge on any atom is -0.321 e. The van der Waals surface area contributed by atoms with Crippen LogP contribution in [0.25, 0.3) is 0 Å². The SMILES string of the molecule is Cc1cc(C)c(NC(=O)c2ccc(NN)nc2)c(C)c1. The zero-order valence-electron chi connectivity index (χ0n) is 11.8. The van der Waals surface area contributed by atoms with Gasteiger partial charge in [0.2, 0.25) is 0 Å². The molecule has 0 radical (unpaired) electrons. The van der Waals surface area contributed by atoms with Gasteiger partial charge in [0.25, 0.3) is 5.91 Å². The average Bonchev–Trinajstić information content (AvgIpc) is 2.42. The number of hydrogen-bond acceptors (Lipinski definition) is 4. The minimum absolute atomic E-state index is 0.184. The smallest absolute Gasteiger partial charge is 0.257 e. The van der Waals surface area contributed by atoms with E-state index in [9.17, 15) is 4.79 Å². The van der Waals surface area contributed by atoms with Crippen molar-refractivity contribution < 1.29 is 4.79 Å². The predicted molar refractivity (Wildman–Crippen MR) is 80.7 cm³/mol. The number of aryl methyl sites for hydroxylation is 3. The van der Waals surface area contributed by atoms with Crippen LogP contribution in [0.15, 0.2) is 30.5 Å². The van der Waals surface area contributed by atoms with Crippen molar-refractivity contribution in [1.82, 2.24) is 4.98 Å². The van der Waals surface area contributed by atoms with Crippen molar-refractivity contribution in [3.05, 3.63) is 52.7 Å². The molecule has 0 saturated carbocycles. The maximum atomic E-state index is 12.2. The number of carbonyl (C=O) groups is 1. The van der Waals surface area contributed by atoms with Gasteiger partial charge in [-0.1, -0.05) is 17.7 Å². The molecule has 2 aromatic rings. The number of amides is 1. The van der Waals surface area contributed by atoms with Gasteiger partial charge in [-0.05, 0) is 44.0 Å². The molecule has 1 aromatic carbocycles. The van der Waals surface area contributed by atoms with Crippen LogP contribution in [-0.4, -0.2) is 10.9 Å². The first-order chi connectivity index (χ1) is 9.51. The van der Waals surface area contributed by atoms with E-state index in [1.807, 2.05) is 32.9 Å². The van der Waals surface area contributed by atoms with Crippen molar-refractivity contribution in [2.45, 2.75) is 20.8 Å². The highest BCUT2D eigenvalue weighted by molar-refractivity contribution is 6.05. The Hall–Kier alpha value is -2.40. The van der Waals surface area contributed by atoms with Gasteiger partial charge in [0.15, 0.2) is 0 Å². The summed E-state index contributed by atoms with van der Waals surface area (Å²) in [6.07, 6.45) is 1.49. The molecule has 0 spiro atoms. The second-order valence-electron chi connectivity index (χ2n) is 4.80. The van der Waals surface area contributed by atoms with E-state index >= 15 is 0 Å². The van der Waals surface area contributed by atoms with Crippen molar-refractivity contribution in [2.24, 2.45) is 5.84 Å². The number of hydrogen-bond donors (Lipinski definition) is 3. The largest absolute Gasteiger partial charge is 0.321 e. The molecular formula is C15H18N4O. The molecule has 5 nitrogen and oxygen atoms in total. The first kappa shape index (κ1) is 14.0. The summed E-state index contributed by atoms with van der Waals surface area (Å²) in [4.78, 5) is 16.2. The standard InChI is InChI=1S/C15H18N4O/c1-9-6-10(2)14(11(3)7-9)18-15(20)12-4-5-13(19-16)17-8-12/h4-8H,16H2,1-3H3,(H,17,19)(H,18,20). The molecule has 1 aromatic heterocycles. The molecule has 104 valence electrons. The van der Waals surface area contributed by atoms with E-state index in [4.69, 9.17) is 5.84 Å². The van der Waals surface area contributed by atoms with Gasteiger partial charge in [-0.15, -0.1) is 0 Å². The average molecular weight is 270 g/mol. The first-order valence-electron chi connectivity index (χ1n) is 6.33. The molecular weight excluding hydrogens is 252 g/mol. The summed E-state index contributed by atoms with van der Waals surface area (Å²) in [5.74, 6) is 5.57. The molecule has 0 aliphatic rings. The number of nitrogen functional groups attached to an aromatic ring is 1. The number of benzene rings is 1. The van der Waals surface area contributed by atoms with E-state index < -0.39 is 0 Å². The maximum Gasteiger partial charge on any atom is 0.257 e. The Morgan fingerprint density at radius 2 is 1.80 bits per heavy atom. The molecule has 20 heavy (non-hydrogen) atoms. The third-order valence-electron chi connectivity index (χ3n) is 3.09. The number of aromatic nitrogens is 1. The summed E-state index contributed by atoms with van der Waals surface area (Å²) in [7, 11) is 0. The normalized spacial score (nSPS) is 10.2. The predicted octanol–water partition coefficient (Wildman–Crippen LogP) is 2.54. The first-order valence-corrected chi connectivity index (χ1v) is 6.33. The van der Waals surface area contributed by atoms with E-state index in [-0.39, 0.29) is 5.91 Å². The molecule has 0 unspecified atom stereocenters. The van der Waals surface area contributed by atoms with Crippen LogP contribution >= 0.6 is 0 Å². The van der Waals surface area contributed by atoms with Gasteiger partial charge in [-0.2, -0.15) is 0 Å². The zero-order chi connectivity index (χ0) is 14.7. The molecule has 1 amide bonds. The van der Waals surface area contributed by atoms with Gasteiger partial charge < -0.3 is 10.7 Å². The van der Waals surface area contributed by atoms with Gasteiger partial charge in [-0.25, -0.2) is 10.8 Å².